The van der Waals surface area contributed by atoms with Gasteiger partial charge >= 0.3 is 6.18 Å². The van der Waals surface area contributed by atoms with E-state index in [2.05, 4.69) is 15.4 Å². The van der Waals surface area contributed by atoms with Crippen molar-refractivity contribution in [1.29, 1.82) is 0 Å². The minimum Gasteiger partial charge on any atom is -0.354 e. The summed E-state index contributed by atoms with van der Waals surface area (Å²) in [5.41, 5.74) is 1.89. The summed E-state index contributed by atoms with van der Waals surface area (Å²) in [5, 5.41) is 7.30. The molecule has 6 rings (SSSR count). The average Bonchev–Trinajstić information content (AvgIpc) is 3.56. The molecule has 0 unspecified atom stereocenters. The molecular weight excluding hydrogens is 571 g/mol. The van der Waals surface area contributed by atoms with E-state index in [1.165, 1.54) is 10.4 Å². The van der Waals surface area contributed by atoms with Crippen molar-refractivity contribution in [3.63, 3.8) is 0 Å². The molecule has 3 aromatic rings. The van der Waals surface area contributed by atoms with Crippen molar-refractivity contribution >= 4 is 39.0 Å². The molecule has 3 aliphatic rings. The molecule has 0 saturated carbocycles. The number of halogens is 4. The molecule has 1 amide bonds. The number of pyridine rings is 1. The summed E-state index contributed by atoms with van der Waals surface area (Å²) in [6.07, 6.45) is -2.47. The van der Waals surface area contributed by atoms with Gasteiger partial charge < -0.3 is 15.1 Å². The fourth-order valence-corrected chi connectivity index (χ4v) is 7.05. The number of anilines is 2. The van der Waals surface area contributed by atoms with Crippen LogP contribution in [0.25, 0.3) is 0 Å². The number of nitrogens with one attached hydrogen (secondary N) is 1. The molecule has 3 aliphatic heterocycles. The molecule has 40 heavy (non-hydrogen) atoms. The summed E-state index contributed by atoms with van der Waals surface area (Å²) >= 11 is 5.82. The summed E-state index contributed by atoms with van der Waals surface area (Å²) in [5.74, 6) is -0.117. The third kappa shape index (κ3) is 4.82. The predicted octanol–water partition coefficient (Wildman–Crippen LogP) is 2.77. The molecule has 5 heterocycles. The molecule has 1 fully saturated rings. The molecule has 0 bridgehead atoms. The Balaban J connectivity index is 1.17. The van der Waals surface area contributed by atoms with Crippen LogP contribution in [-0.4, -0.2) is 72.7 Å². The van der Waals surface area contributed by atoms with Gasteiger partial charge in [-0.15, -0.1) is 0 Å². The summed E-state index contributed by atoms with van der Waals surface area (Å²) in [4.78, 5) is 20.7. The lowest BCUT2D eigenvalue weighted by Gasteiger charge is -2.35. The van der Waals surface area contributed by atoms with Crippen molar-refractivity contribution in [1.82, 2.24) is 24.4 Å². The second-order valence-corrected chi connectivity index (χ2v) is 12.2. The largest absolute Gasteiger partial charge is 0.416 e. The smallest absolute Gasteiger partial charge is 0.354 e. The second-order valence-electron chi connectivity index (χ2n) is 9.83. The number of aromatic nitrogens is 3. The minimum absolute atomic E-state index is 0.0506. The number of piperazine rings is 1. The van der Waals surface area contributed by atoms with E-state index in [0.29, 0.717) is 37.3 Å². The number of carbonyl (C=O) groups excluding carboxylic acids is 1. The molecule has 0 atom stereocenters. The maximum absolute atomic E-state index is 13.5. The third-order valence-electron chi connectivity index (χ3n) is 7.47. The SMILES string of the molecule is O=C(c1cnn2c1CNCC2)N1CCc2cc(S(=O)(=O)N3CCN(c4cc(C(F)(F)F)cc(Cl)n4)CC3)ccc21. The molecule has 1 aromatic carbocycles. The van der Waals surface area contributed by atoms with Crippen LogP contribution < -0.4 is 15.1 Å². The zero-order valence-corrected chi connectivity index (χ0v) is 22.7. The lowest BCUT2D eigenvalue weighted by Crippen LogP contribution is -2.49. The first-order chi connectivity index (χ1) is 19.0. The summed E-state index contributed by atoms with van der Waals surface area (Å²) < 4.78 is 69.7. The van der Waals surface area contributed by atoms with Crippen LogP contribution in [0.1, 0.15) is 27.2 Å². The number of nitrogens with zero attached hydrogens (tertiary/aromatic N) is 6. The number of benzene rings is 1. The molecule has 212 valence electrons. The molecule has 0 spiro atoms. The maximum atomic E-state index is 13.5. The predicted molar refractivity (Wildman–Crippen MR) is 141 cm³/mol. The molecule has 10 nitrogen and oxygen atoms in total. The van der Waals surface area contributed by atoms with Crippen LogP contribution in [0.15, 0.2) is 41.4 Å². The van der Waals surface area contributed by atoms with Crippen molar-refractivity contribution in [2.45, 2.75) is 30.6 Å². The van der Waals surface area contributed by atoms with Crippen LogP contribution in [0, 0.1) is 0 Å². The number of alkyl halides is 3. The summed E-state index contributed by atoms with van der Waals surface area (Å²) in [7, 11) is -3.87. The van der Waals surface area contributed by atoms with Crippen molar-refractivity contribution in [3.05, 3.63) is 64.1 Å². The van der Waals surface area contributed by atoms with Gasteiger partial charge in [-0.1, -0.05) is 11.6 Å². The standard InChI is InChI=1S/C25H25ClF3N7O3S/c26-22-12-17(25(27,28)29)13-23(32-22)33-7-9-34(10-8-33)40(38,39)18-1-2-20-16(11-18)3-5-35(20)24(37)19-14-31-36-6-4-30-15-21(19)36/h1-2,11-14,30H,3-10,15H2. The number of fused-ring (bicyclic) bond motifs is 2. The number of amides is 1. The Morgan fingerprint density at radius 2 is 1.80 bits per heavy atom. The van der Waals surface area contributed by atoms with E-state index in [0.717, 1.165) is 29.9 Å². The highest BCUT2D eigenvalue weighted by Gasteiger charge is 2.35. The van der Waals surface area contributed by atoms with Gasteiger partial charge in [0.05, 0.1) is 34.5 Å². The summed E-state index contributed by atoms with van der Waals surface area (Å²) in [6, 6.07) is 6.43. The zero-order valence-electron chi connectivity index (χ0n) is 21.2. The van der Waals surface area contributed by atoms with Crippen LogP contribution >= 0.6 is 11.6 Å². The normalized spacial score (nSPS) is 18.1. The number of rotatable bonds is 4. The van der Waals surface area contributed by atoms with Gasteiger partial charge in [0.2, 0.25) is 10.0 Å². The van der Waals surface area contributed by atoms with E-state index in [1.807, 2.05) is 4.68 Å². The first kappa shape index (κ1) is 27.0. The second kappa shape index (κ2) is 10.0. The monoisotopic (exact) mass is 595 g/mol. The van der Waals surface area contributed by atoms with Gasteiger partial charge in [0, 0.05) is 51.5 Å². The van der Waals surface area contributed by atoms with E-state index in [4.69, 9.17) is 11.6 Å². The van der Waals surface area contributed by atoms with Crippen molar-refractivity contribution in [2.75, 3.05) is 49.1 Å². The Morgan fingerprint density at radius 1 is 1.02 bits per heavy atom. The first-order valence-electron chi connectivity index (χ1n) is 12.7. The van der Waals surface area contributed by atoms with Crippen molar-refractivity contribution < 1.29 is 26.4 Å². The highest BCUT2D eigenvalue weighted by Crippen LogP contribution is 2.35. The van der Waals surface area contributed by atoms with E-state index < -0.39 is 21.8 Å². The lowest BCUT2D eigenvalue weighted by atomic mass is 10.1. The Bertz CT molecular complexity index is 1590. The summed E-state index contributed by atoms with van der Waals surface area (Å²) in [6.45, 7) is 2.92. The number of sulfonamides is 1. The van der Waals surface area contributed by atoms with Crippen LogP contribution in [-0.2, 0) is 35.7 Å². The Labute approximate surface area is 233 Å². The van der Waals surface area contributed by atoms with E-state index in [-0.39, 0.29) is 48.0 Å². The fourth-order valence-electron chi connectivity index (χ4n) is 5.37. The number of hydrogen-bond acceptors (Lipinski definition) is 7. The number of carbonyl (C=O) groups is 1. The van der Waals surface area contributed by atoms with Crippen molar-refractivity contribution in [3.8, 4) is 0 Å². The lowest BCUT2D eigenvalue weighted by molar-refractivity contribution is -0.137. The molecule has 15 heteroatoms. The number of hydrogen-bond donors (Lipinski definition) is 1. The van der Waals surface area contributed by atoms with Gasteiger partial charge in [-0.2, -0.15) is 22.6 Å². The molecule has 1 N–H and O–H groups in total. The molecule has 2 aromatic heterocycles. The van der Waals surface area contributed by atoms with Crippen molar-refractivity contribution in [2.24, 2.45) is 0 Å². The first-order valence-corrected chi connectivity index (χ1v) is 14.5. The van der Waals surface area contributed by atoms with Gasteiger partial charge in [0.15, 0.2) is 0 Å². The minimum atomic E-state index is -4.57. The van der Waals surface area contributed by atoms with Gasteiger partial charge in [0.25, 0.3) is 5.91 Å². The van der Waals surface area contributed by atoms with E-state index in [1.54, 1.807) is 28.1 Å². The van der Waals surface area contributed by atoms with Crippen LogP contribution in [0.4, 0.5) is 24.7 Å². The van der Waals surface area contributed by atoms with Crippen LogP contribution in [0.3, 0.4) is 0 Å². The fraction of sp³-hybridized carbons (Fsp3) is 0.400. The zero-order chi connectivity index (χ0) is 28.2. The molecular formula is C25H25ClF3N7O3S. The Morgan fingerprint density at radius 3 is 2.55 bits per heavy atom. The topological polar surface area (TPSA) is 104 Å². The van der Waals surface area contributed by atoms with Gasteiger partial charge in [-0.3, -0.25) is 9.48 Å². The van der Waals surface area contributed by atoms with E-state index >= 15 is 0 Å². The van der Waals surface area contributed by atoms with E-state index in [9.17, 15) is 26.4 Å². The molecule has 1 saturated heterocycles. The Kier molecular flexibility index (Phi) is 6.76. The molecule has 0 radical (unpaired) electrons. The van der Waals surface area contributed by atoms with Gasteiger partial charge in [-0.25, -0.2) is 13.4 Å². The van der Waals surface area contributed by atoms with Crippen LogP contribution in [0.5, 0.6) is 0 Å². The van der Waals surface area contributed by atoms with Gasteiger partial charge in [-0.05, 0) is 42.3 Å². The highest BCUT2D eigenvalue weighted by atomic mass is 35.5. The van der Waals surface area contributed by atoms with Crippen LogP contribution in [0.2, 0.25) is 5.15 Å². The Hall–Kier alpha value is -3.20. The highest BCUT2D eigenvalue weighted by molar-refractivity contribution is 7.89. The average molecular weight is 596 g/mol. The van der Waals surface area contributed by atoms with Gasteiger partial charge in [0.1, 0.15) is 11.0 Å². The quantitative estimate of drug-likeness (QED) is 0.463. The maximum Gasteiger partial charge on any atom is 0.416 e. The third-order valence-corrected chi connectivity index (χ3v) is 9.56. The molecule has 0 aliphatic carbocycles.